The van der Waals surface area contributed by atoms with Crippen molar-refractivity contribution >= 4 is 31.7 Å². The molecule has 3 unspecified atom stereocenters. The van der Waals surface area contributed by atoms with E-state index in [9.17, 15) is 39.2 Å². The summed E-state index contributed by atoms with van der Waals surface area (Å²) in [6, 6.07) is -3.91. The molecule has 6 aliphatic rings. The van der Waals surface area contributed by atoms with Crippen LogP contribution >= 0.6 is 7.82 Å². The zero-order chi connectivity index (χ0) is 25.7. The molecule has 1 saturated carbocycles. The van der Waals surface area contributed by atoms with Gasteiger partial charge in [0.1, 0.15) is 30.8 Å². The van der Waals surface area contributed by atoms with Gasteiger partial charge < -0.3 is 29.7 Å². The van der Waals surface area contributed by atoms with E-state index in [1.54, 1.807) is 0 Å². The predicted octanol–water partition coefficient (Wildman–Crippen LogP) is -2.80. The summed E-state index contributed by atoms with van der Waals surface area (Å²) >= 11 is 0. The number of imide groups is 1. The number of carbonyl (C=O) groups is 3. The van der Waals surface area contributed by atoms with Gasteiger partial charge in [-0.05, 0) is 12.8 Å². The number of hydrogen-bond donors (Lipinski definition) is 4. The number of nitrogens with one attached hydrogen (secondary N) is 1. The Morgan fingerprint density at radius 3 is 2.64 bits per heavy atom. The normalized spacial score (nSPS) is 50.2. The van der Waals surface area contributed by atoms with E-state index < -0.39 is 105 Å². The first-order valence-corrected chi connectivity index (χ1v) is 12.9. The molecular weight excluding hydrogens is 507 g/mol. The highest BCUT2D eigenvalue weighted by atomic mass is 31.2. The number of urea groups is 2. The summed E-state index contributed by atoms with van der Waals surface area (Å²) in [5.74, 6) is -2.65. The third-order valence-electron chi connectivity index (χ3n) is 8.04. The fraction of sp³-hybridized carbons (Fsp3) is 0.789. The Morgan fingerprint density at radius 1 is 1.19 bits per heavy atom. The van der Waals surface area contributed by atoms with Gasteiger partial charge in [0.05, 0.1) is 36.8 Å². The molecule has 6 rings (SSSR count). The van der Waals surface area contributed by atoms with Crippen LogP contribution in [-0.2, 0) is 27.9 Å². The smallest absolute Gasteiger partial charge is 0.472 e. The van der Waals surface area contributed by atoms with Crippen molar-refractivity contribution in [2.75, 3.05) is 13.2 Å². The zero-order valence-electron chi connectivity index (χ0n) is 18.8. The molecule has 5 fully saturated rings. The highest BCUT2D eigenvalue weighted by molar-refractivity contribution is 7.47. The van der Waals surface area contributed by atoms with E-state index in [4.69, 9.17) is 18.5 Å². The molecule has 0 aromatic carbocycles. The van der Waals surface area contributed by atoms with Gasteiger partial charge in [0, 0.05) is 18.8 Å². The summed E-state index contributed by atoms with van der Waals surface area (Å²) in [6.07, 6.45) is -7.25. The summed E-state index contributed by atoms with van der Waals surface area (Å²) in [4.78, 5) is 55.2. The van der Waals surface area contributed by atoms with E-state index in [2.05, 4.69) is 10.3 Å². The monoisotopic (exact) mass is 531 g/mol. The lowest BCUT2D eigenvalue weighted by Gasteiger charge is -2.68. The van der Waals surface area contributed by atoms with Crippen molar-refractivity contribution in [2.24, 2.45) is 16.3 Å². The first-order chi connectivity index (χ1) is 17.0. The summed E-state index contributed by atoms with van der Waals surface area (Å²) in [5, 5.41) is 35.4. The van der Waals surface area contributed by atoms with Crippen molar-refractivity contribution in [3.8, 4) is 0 Å². The Bertz CT molecular complexity index is 1100. The number of fused-ring (bicyclic) bond motifs is 7. The highest BCUT2D eigenvalue weighted by Gasteiger charge is 2.74. The lowest BCUT2D eigenvalue weighted by molar-refractivity contribution is -0.259. The molecule has 198 valence electrons. The molecule has 17 heteroatoms. The SMILES string of the molecule is C[C@]12C(=O)NC(=O)N3[C@@H]4CC(O)[C@@H](COP(=O)(O)OC5C[C@H](O[C@@H]5CO)N5C(=O)N=C([O-])[C@@H]1[C@H]5[C@@H]32)O4. The molecule has 11 atom stereocenters. The van der Waals surface area contributed by atoms with Gasteiger partial charge in [-0.2, -0.15) is 0 Å². The third-order valence-corrected chi connectivity index (χ3v) is 9.05. The van der Waals surface area contributed by atoms with Crippen LogP contribution in [0.25, 0.3) is 0 Å². The first kappa shape index (κ1) is 24.2. The average Bonchev–Trinajstić information content (AvgIpc) is 3.35. The van der Waals surface area contributed by atoms with E-state index in [-0.39, 0.29) is 12.8 Å². The molecule has 0 radical (unpaired) electrons. The van der Waals surface area contributed by atoms with Gasteiger partial charge in [0.15, 0.2) is 0 Å². The largest absolute Gasteiger partial charge is 0.861 e. The Morgan fingerprint density at radius 2 is 1.92 bits per heavy atom. The van der Waals surface area contributed by atoms with Gasteiger partial charge in [0.25, 0.3) is 0 Å². The van der Waals surface area contributed by atoms with E-state index in [1.165, 1.54) is 11.8 Å². The minimum atomic E-state index is -4.74. The quantitative estimate of drug-likeness (QED) is 0.252. The second-order valence-corrected chi connectivity index (χ2v) is 11.3. The molecule has 16 nitrogen and oxygen atoms in total. The molecule has 0 spiro atoms. The van der Waals surface area contributed by atoms with Crippen LogP contribution in [0.15, 0.2) is 4.99 Å². The molecule has 5 amide bonds. The van der Waals surface area contributed by atoms with E-state index >= 15 is 0 Å². The van der Waals surface area contributed by atoms with Crippen LogP contribution in [0, 0.1) is 11.3 Å². The van der Waals surface area contributed by atoms with E-state index in [0.29, 0.717) is 0 Å². The van der Waals surface area contributed by atoms with Crippen LogP contribution in [0.5, 0.6) is 0 Å². The maximum atomic E-state index is 13.0. The summed E-state index contributed by atoms with van der Waals surface area (Å²) < 4.78 is 34.4. The van der Waals surface area contributed by atoms with Crippen molar-refractivity contribution in [1.82, 2.24) is 15.1 Å². The van der Waals surface area contributed by atoms with Crippen LogP contribution in [0.3, 0.4) is 0 Å². The van der Waals surface area contributed by atoms with Crippen molar-refractivity contribution < 1.29 is 57.7 Å². The molecule has 36 heavy (non-hydrogen) atoms. The van der Waals surface area contributed by atoms with Crippen molar-refractivity contribution in [1.29, 1.82) is 0 Å². The molecule has 0 aromatic heterocycles. The number of amides is 5. The third kappa shape index (κ3) is 3.23. The second-order valence-electron chi connectivity index (χ2n) is 9.89. The molecule has 4 N–H and O–H groups in total. The minimum Gasteiger partial charge on any atom is -0.861 e. The Kier molecular flexibility index (Phi) is 5.32. The van der Waals surface area contributed by atoms with Crippen LogP contribution < -0.4 is 10.4 Å². The lowest BCUT2D eigenvalue weighted by atomic mass is 9.51. The van der Waals surface area contributed by atoms with Gasteiger partial charge >= 0.3 is 19.9 Å². The molecule has 5 heterocycles. The maximum absolute atomic E-state index is 13.0. The number of aliphatic imine (C=N–C) groups is 1. The Labute approximate surface area is 203 Å². The van der Waals surface area contributed by atoms with Gasteiger partial charge in [0.2, 0.25) is 5.91 Å². The Hall–Kier alpha value is -2.17. The number of ether oxygens (including phenoxy) is 2. The summed E-state index contributed by atoms with van der Waals surface area (Å²) in [6.45, 7) is 0.300. The molecule has 4 bridgehead atoms. The Balaban J connectivity index is 1.47. The summed E-state index contributed by atoms with van der Waals surface area (Å²) in [7, 11) is -4.74. The first-order valence-electron chi connectivity index (χ1n) is 11.4. The van der Waals surface area contributed by atoms with Gasteiger partial charge in [-0.15, -0.1) is 0 Å². The van der Waals surface area contributed by atoms with Gasteiger partial charge in [-0.1, -0.05) is 0 Å². The highest BCUT2D eigenvalue weighted by Crippen LogP contribution is 2.57. The number of rotatable bonds is 1. The fourth-order valence-corrected chi connectivity index (χ4v) is 7.31. The number of phosphoric ester groups is 1. The van der Waals surface area contributed by atoms with E-state index in [1.807, 2.05) is 0 Å². The second kappa shape index (κ2) is 7.91. The van der Waals surface area contributed by atoms with Crippen molar-refractivity contribution in [2.45, 2.75) is 68.7 Å². The molecule has 4 saturated heterocycles. The number of aliphatic hydroxyl groups excluding tert-OH is 2. The number of aliphatic hydroxyl groups is 2. The average molecular weight is 531 g/mol. The number of carbonyl (C=O) groups excluding carboxylic acids is 3. The van der Waals surface area contributed by atoms with Crippen molar-refractivity contribution in [3.05, 3.63) is 0 Å². The van der Waals surface area contributed by atoms with Gasteiger partial charge in [-0.25, -0.2) is 19.1 Å². The minimum absolute atomic E-state index is 0.127. The molecule has 1 aliphatic carbocycles. The van der Waals surface area contributed by atoms with Crippen LogP contribution in [-0.4, -0.2) is 111 Å². The summed E-state index contributed by atoms with van der Waals surface area (Å²) in [5.41, 5.74) is -1.47. The zero-order valence-corrected chi connectivity index (χ0v) is 19.7. The maximum Gasteiger partial charge on any atom is 0.472 e. The van der Waals surface area contributed by atoms with Gasteiger partial charge in [-0.3, -0.25) is 29.0 Å². The fourth-order valence-electron chi connectivity index (χ4n) is 6.35. The van der Waals surface area contributed by atoms with Crippen LogP contribution in [0.2, 0.25) is 0 Å². The number of nitrogens with zero attached hydrogens (tertiary/aromatic N) is 3. The van der Waals surface area contributed by atoms with Crippen LogP contribution in [0.4, 0.5) is 9.59 Å². The molecule has 0 aromatic rings. The van der Waals surface area contributed by atoms with Crippen molar-refractivity contribution in [3.63, 3.8) is 0 Å². The number of hydrogen-bond acceptors (Lipinski definition) is 11. The molecular formula is C19H24N4O12P-. The topological polar surface area (TPSA) is 220 Å². The van der Waals surface area contributed by atoms with Crippen LogP contribution in [0.1, 0.15) is 19.8 Å². The molecule has 5 aliphatic heterocycles. The standard InChI is InChI=1S/C19H25N4O12P/c1-19-12-13-14(19)23(18(29)21-16(19)27)10-2-6(25)9(34-10)5-32-36(30,31)35-7-3-11(33-8(7)4-24)22(13)17(28)20-15(12)26/h6-14,24-25H,2-5H2,1H3,(H,30,31)(H,20,26,28)(H,21,27,29)/p-1/t6?,7?,8-,9-,10+,11+,12+,13+,14-,19+/m1/s1. The predicted molar refractivity (Wildman–Crippen MR) is 110 cm³/mol. The van der Waals surface area contributed by atoms with E-state index in [0.717, 1.165) is 4.90 Å². The lowest BCUT2D eigenvalue weighted by Crippen LogP contribution is -2.87. The number of phosphoric acid groups is 1.